The summed E-state index contributed by atoms with van der Waals surface area (Å²) in [4.78, 5) is 0.168. The predicted molar refractivity (Wildman–Crippen MR) is 111 cm³/mol. The van der Waals surface area contributed by atoms with Gasteiger partial charge in [0.1, 0.15) is 11.9 Å². The normalized spacial score (nSPS) is 15.9. The predicted octanol–water partition coefficient (Wildman–Crippen LogP) is 3.03. The molecule has 8 heteroatoms. The van der Waals surface area contributed by atoms with Gasteiger partial charge in [0.15, 0.2) is 9.84 Å². The molecule has 1 heterocycles. The van der Waals surface area contributed by atoms with Crippen LogP contribution in [0, 0.1) is 0 Å². The molecule has 0 saturated heterocycles. The lowest BCUT2D eigenvalue weighted by atomic mass is 9.88. The maximum absolute atomic E-state index is 12.4. The average Bonchev–Trinajstić information content (AvgIpc) is 2.65. The SMILES string of the molecule is CS(=O)(=O)c1cccc2c1-c1ccc(CS(N)(=O)=O)cc1C(c1ccccc1)O2. The van der Waals surface area contributed by atoms with E-state index in [0.717, 1.165) is 11.8 Å². The Labute approximate surface area is 169 Å². The van der Waals surface area contributed by atoms with Crippen LogP contribution in [-0.2, 0) is 25.6 Å². The summed E-state index contributed by atoms with van der Waals surface area (Å²) in [6.07, 6.45) is 0.648. The number of sulfone groups is 1. The summed E-state index contributed by atoms with van der Waals surface area (Å²) in [5.74, 6) is 0.149. The van der Waals surface area contributed by atoms with Crippen molar-refractivity contribution in [2.75, 3.05) is 6.26 Å². The fraction of sp³-hybridized carbons (Fsp3) is 0.143. The lowest BCUT2D eigenvalue weighted by molar-refractivity contribution is 0.243. The van der Waals surface area contributed by atoms with E-state index in [9.17, 15) is 16.8 Å². The van der Waals surface area contributed by atoms with Crippen LogP contribution in [0.2, 0.25) is 0 Å². The highest BCUT2D eigenvalue weighted by atomic mass is 32.2. The maximum Gasteiger partial charge on any atom is 0.213 e. The molecule has 4 rings (SSSR count). The summed E-state index contributed by atoms with van der Waals surface area (Å²) in [5, 5.41) is 5.21. The fourth-order valence-corrected chi connectivity index (χ4v) is 5.18. The molecule has 0 radical (unpaired) electrons. The van der Waals surface area contributed by atoms with Crippen LogP contribution in [0.3, 0.4) is 0 Å². The van der Waals surface area contributed by atoms with Gasteiger partial charge in [0, 0.05) is 17.4 Å². The van der Waals surface area contributed by atoms with Crippen molar-refractivity contribution in [2.24, 2.45) is 5.14 Å². The molecule has 0 aromatic heterocycles. The van der Waals surface area contributed by atoms with E-state index >= 15 is 0 Å². The number of rotatable bonds is 4. The van der Waals surface area contributed by atoms with Gasteiger partial charge in [0.25, 0.3) is 0 Å². The van der Waals surface area contributed by atoms with E-state index < -0.39 is 26.0 Å². The first-order chi connectivity index (χ1) is 13.6. The Morgan fingerprint density at radius 2 is 1.66 bits per heavy atom. The molecule has 3 aromatic rings. The summed E-state index contributed by atoms with van der Waals surface area (Å²) in [5.41, 5.74) is 3.26. The van der Waals surface area contributed by atoms with Crippen molar-refractivity contribution in [1.82, 2.24) is 0 Å². The van der Waals surface area contributed by atoms with Crippen LogP contribution < -0.4 is 9.88 Å². The Morgan fingerprint density at radius 3 is 2.31 bits per heavy atom. The van der Waals surface area contributed by atoms with Crippen molar-refractivity contribution in [3.05, 3.63) is 83.4 Å². The molecule has 0 bridgehead atoms. The van der Waals surface area contributed by atoms with Crippen molar-refractivity contribution >= 4 is 19.9 Å². The standard InChI is InChI=1S/C21H19NO5S2/c1-28(23,24)19-9-5-8-18-20(19)16-11-10-14(13-29(22,25)26)12-17(16)21(27-18)15-6-3-2-4-7-15/h2-12,21H,13H2,1H3,(H2,22,25,26). The smallest absolute Gasteiger partial charge is 0.213 e. The van der Waals surface area contributed by atoms with E-state index in [1.807, 2.05) is 30.3 Å². The Balaban J connectivity index is 1.98. The van der Waals surface area contributed by atoms with Crippen molar-refractivity contribution in [3.8, 4) is 16.9 Å². The van der Waals surface area contributed by atoms with Crippen LogP contribution >= 0.6 is 0 Å². The highest BCUT2D eigenvalue weighted by Crippen LogP contribution is 2.47. The lowest BCUT2D eigenvalue weighted by Crippen LogP contribution is -2.19. The highest BCUT2D eigenvalue weighted by molar-refractivity contribution is 7.90. The van der Waals surface area contributed by atoms with Crippen molar-refractivity contribution < 1.29 is 21.6 Å². The number of ether oxygens (including phenoxy) is 1. The second-order valence-electron chi connectivity index (χ2n) is 7.04. The van der Waals surface area contributed by atoms with E-state index in [0.29, 0.717) is 28.0 Å². The van der Waals surface area contributed by atoms with Crippen LogP contribution in [-0.4, -0.2) is 23.1 Å². The molecule has 2 N–H and O–H groups in total. The number of hydrogen-bond donors (Lipinski definition) is 1. The van der Waals surface area contributed by atoms with Crippen LogP contribution in [0.4, 0.5) is 0 Å². The van der Waals surface area contributed by atoms with Crippen LogP contribution in [0.15, 0.2) is 71.6 Å². The molecule has 6 nitrogen and oxygen atoms in total. The topological polar surface area (TPSA) is 104 Å². The van der Waals surface area contributed by atoms with Gasteiger partial charge in [-0.25, -0.2) is 22.0 Å². The summed E-state index contributed by atoms with van der Waals surface area (Å²) < 4.78 is 54.1. The number of nitrogens with two attached hydrogens (primary N) is 1. The van der Waals surface area contributed by atoms with Gasteiger partial charge in [-0.3, -0.25) is 0 Å². The van der Waals surface area contributed by atoms with Gasteiger partial charge in [0.05, 0.1) is 10.6 Å². The van der Waals surface area contributed by atoms with Crippen LogP contribution in [0.1, 0.15) is 22.8 Å². The Kier molecular flexibility index (Phi) is 4.72. The molecule has 1 atom stereocenters. The molecule has 0 aliphatic carbocycles. The van der Waals surface area contributed by atoms with Crippen LogP contribution in [0.5, 0.6) is 5.75 Å². The molecule has 1 aliphatic rings. The molecule has 1 unspecified atom stereocenters. The first-order valence-corrected chi connectivity index (χ1v) is 12.4. The zero-order chi connectivity index (χ0) is 20.8. The zero-order valence-corrected chi connectivity index (χ0v) is 17.2. The summed E-state index contributed by atoms with van der Waals surface area (Å²) in [7, 11) is -7.22. The molecule has 150 valence electrons. The van der Waals surface area contributed by atoms with E-state index in [2.05, 4.69) is 0 Å². The van der Waals surface area contributed by atoms with E-state index in [1.165, 1.54) is 0 Å². The molecular formula is C21H19NO5S2. The second kappa shape index (κ2) is 6.98. The minimum atomic E-state index is -3.71. The number of primary sulfonamides is 1. The molecule has 0 saturated carbocycles. The Bertz CT molecular complexity index is 1300. The second-order valence-corrected chi connectivity index (χ2v) is 10.6. The molecule has 29 heavy (non-hydrogen) atoms. The van der Waals surface area contributed by atoms with E-state index in [-0.39, 0.29) is 10.6 Å². The summed E-state index contributed by atoms with van der Waals surface area (Å²) in [6.45, 7) is 0. The maximum atomic E-state index is 12.4. The first kappa shape index (κ1) is 19.6. The Hall–Kier alpha value is -2.68. The molecule has 1 aliphatic heterocycles. The first-order valence-electron chi connectivity index (χ1n) is 8.82. The van der Waals surface area contributed by atoms with Gasteiger partial charge in [-0.15, -0.1) is 0 Å². The van der Waals surface area contributed by atoms with Crippen molar-refractivity contribution in [2.45, 2.75) is 16.8 Å². The van der Waals surface area contributed by atoms with Gasteiger partial charge in [-0.2, -0.15) is 0 Å². The number of benzene rings is 3. The minimum Gasteiger partial charge on any atom is -0.480 e. The number of hydrogen-bond acceptors (Lipinski definition) is 5. The van der Waals surface area contributed by atoms with Crippen molar-refractivity contribution in [3.63, 3.8) is 0 Å². The highest BCUT2D eigenvalue weighted by Gasteiger charge is 2.31. The molecule has 0 fully saturated rings. The number of fused-ring (bicyclic) bond motifs is 3. The van der Waals surface area contributed by atoms with Gasteiger partial charge in [0.2, 0.25) is 10.0 Å². The summed E-state index contributed by atoms with van der Waals surface area (Å²) >= 11 is 0. The average molecular weight is 430 g/mol. The largest absolute Gasteiger partial charge is 0.480 e. The minimum absolute atomic E-state index is 0.168. The number of sulfonamides is 1. The quantitative estimate of drug-likeness (QED) is 0.687. The molecular weight excluding hydrogens is 410 g/mol. The summed E-state index contributed by atoms with van der Waals surface area (Å²) in [6, 6.07) is 19.5. The van der Waals surface area contributed by atoms with Gasteiger partial charge >= 0.3 is 0 Å². The monoisotopic (exact) mass is 429 g/mol. The van der Waals surface area contributed by atoms with E-state index in [4.69, 9.17) is 9.88 Å². The third-order valence-corrected chi connectivity index (χ3v) is 6.65. The molecule has 0 amide bonds. The zero-order valence-electron chi connectivity index (χ0n) is 15.6. The Morgan fingerprint density at radius 1 is 0.931 bits per heavy atom. The third-order valence-electron chi connectivity index (χ3n) is 4.77. The lowest BCUT2D eigenvalue weighted by Gasteiger charge is -2.30. The van der Waals surface area contributed by atoms with Crippen molar-refractivity contribution in [1.29, 1.82) is 0 Å². The van der Waals surface area contributed by atoms with Crippen LogP contribution in [0.25, 0.3) is 11.1 Å². The third kappa shape index (κ3) is 3.91. The van der Waals surface area contributed by atoms with Gasteiger partial charge in [-0.05, 0) is 28.8 Å². The molecule has 0 spiro atoms. The van der Waals surface area contributed by atoms with E-state index in [1.54, 1.807) is 36.4 Å². The molecule has 3 aromatic carbocycles. The fourth-order valence-electron chi connectivity index (χ4n) is 3.63. The van der Waals surface area contributed by atoms with Gasteiger partial charge < -0.3 is 4.74 Å². The van der Waals surface area contributed by atoms with Gasteiger partial charge in [-0.1, -0.05) is 54.6 Å².